The average Bonchev–Trinajstić information content (AvgIpc) is 0.756. The van der Waals surface area contributed by atoms with E-state index in [1.165, 1.54) is 161 Å². The van der Waals surface area contributed by atoms with Crippen molar-refractivity contribution in [3.05, 3.63) is 12.2 Å². The number of amides is 3. The van der Waals surface area contributed by atoms with Gasteiger partial charge in [0.1, 0.15) is 134 Å². The third kappa shape index (κ3) is 35.1. The fourth-order valence-electron chi connectivity index (χ4n) is 17.0. The van der Waals surface area contributed by atoms with E-state index in [2.05, 4.69) is 29.8 Å². The van der Waals surface area contributed by atoms with Crippen molar-refractivity contribution in [2.24, 2.45) is 0 Å². The molecule has 0 aromatic rings. The number of allylic oxidation sites excluding steroid dienone is 1. The Kier molecular flexibility index (Phi) is 52.1. The molecule has 6 rings (SSSR count). The number of hydrogen-bond acceptors (Lipinski definition) is 34. The highest BCUT2D eigenvalue weighted by molar-refractivity contribution is 5.77. The van der Waals surface area contributed by atoms with E-state index in [4.69, 9.17) is 56.8 Å². The first-order valence-corrected chi connectivity index (χ1v) is 46.5. The van der Waals surface area contributed by atoms with Gasteiger partial charge in [-0.2, -0.15) is 0 Å². The molecular formula is C87H157N3O35. The van der Waals surface area contributed by atoms with E-state index in [-0.39, 0.29) is 12.3 Å². The molecule has 6 heterocycles. The van der Waals surface area contributed by atoms with Crippen molar-refractivity contribution >= 4 is 23.7 Å². The molecule has 22 N–H and O–H groups in total. The minimum Gasteiger partial charge on any atom is -0.477 e. The predicted octanol–water partition coefficient (Wildman–Crippen LogP) is 0.930. The number of carbonyl (C=O) groups excluding carboxylic acids is 3. The SMILES string of the molecule is CCCCCCCCCCCCC/C=C/[C@@H](O)[C@H](CO[C@@H]1OC(CO)[C@@H](O[C@@H]2OC(CO)[C@H](O)[C@H](O[C@@H]3OC(CO[C@]4(C(=O)O)CC(O)[C@@H](NC(C)=O)C([C@H](O)[C@H](O)CO)O4)[C@@H](O[C@H]4OC(C)[C@@H](O)C(O)[C@@H]4O)[C@H](O[C@@H]4OC(CO)[C@H](O)[C@H](O)C4O)C3NC(C)=O)C2O)[C@H](O)C1O)NC(=O)CCCCCCCCCCCCCCCCCCCCCCCCC. The molecule has 6 saturated heterocycles. The van der Waals surface area contributed by atoms with E-state index >= 15 is 0 Å². The first-order valence-electron chi connectivity index (χ1n) is 46.5. The van der Waals surface area contributed by atoms with Crippen molar-refractivity contribution in [2.45, 2.75) is 474 Å². The Morgan fingerprint density at radius 3 is 1.34 bits per heavy atom. The van der Waals surface area contributed by atoms with Gasteiger partial charge in [-0.15, -0.1) is 0 Å². The van der Waals surface area contributed by atoms with Gasteiger partial charge in [0, 0.05) is 26.7 Å². The van der Waals surface area contributed by atoms with Crippen molar-refractivity contribution in [1.29, 1.82) is 0 Å². The minimum absolute atomic E-state index is 0.138. The third-order valence-electron chi connectivity index (χ3n) is 24.7. The molecule has 0 saturated carbocycles. The second-order valence-electron chi connectivity index (χ2n) is 34.9. The molecule has 38 nitrogen and oxygen atoms in total. The molecule has 125 heavy (non-hydrogen) atoms. The maximum absolute atomic E-state index is 13.7. The fraction of sp³-hybridized carbons (Fsp3) is 0.931. The first-order chi connectivity index (χ1) is 59.9. The molecule has 6 aliphatic rings. The summed E-state index contributed by atoms with van der Waals surface area (Å²) in [6.45, 7) is 1.41. The van der Waals surface area contributed by atoms with E-state index in [9.17, 15) is 116 Å². The van der Waals surface area contributed by atoms with Gasteiger partial charge < -0.3 is 170 Å². The van der Waals surface area contributed by atoms with E-state index < -0.39 is 266 Å². The lowest BCUT2D eigenvalue weighted by atomic mass is 9.88. The molecule has 0 radical (unpaired) electrons. The van der Waals surface area contributed by atoms with E-state index in [0.717, 1.165) is 71.6 Å². The maximum atomic E-state index is 13.7. The zero-order valence-electron chi connectivity index (χ0n) is 74.1. The summed E-state index contributed by atoms with van der Waals surface area (Å²) in [5.41, 5.74) is 0. The predicted molar refractivity (Wildman–Crippen MR) is 447 cm³/mol. The number of carboxylic acid groups (broad SMARTS) is 1. The molecule has 0 aromatic heterocycles. The van der Waals surface area contributed by atoms with Crippen LogP contribution in [0.15, 0.2) is 12.2 Å². The molecule has 0 spiro atoms. The van der Waals surface area contributed by atoms with Crippen molar-refractivity contribution in [1.82, 2.24) is 16.0 Å². The van der Waals surface area contributed by atoms with Gasteiger partial charge in [-0.05, 0) is 26.2 Å². The fourth-order valence-corrected chi connectivity index (χ4v) is 17.0. The molecule has 0 aliphatic carbocycles. The quantitative estimate of drug-likeness (QED) is 0.0297. The summed E-state index contributed by atoms with van der Waals surface area (Å²) in [7, 11) is 0. The van der Waals surface area contributed by atoms with Crippen LogP contribution in [-0.2, 0) is 76.0 Å². The van der Waals surface area contributed by atoms with E-state index in [1.807, 2.05) is 6.08 Å². The van der Waals surface area contributed by atoms with Gasteiger partial charge in [0.15, 0.2) is 31.5 Å². The summed E-state index contributed by atoms with van der Waals surface area (Å²) in [6.07, 6.45) is -15.9. The van der Waals surface area contributed by atoms with Crippen LogP contribution in [0.5, 0.6) is 0 Å². The summed E-state index contributed by atoms with van der Waals surface area (Å²) in [5, 5.41) is 221. The summed E-state index contributed by atoms with van der Waals surface area (Å²) in [5.74, 6) is -7.55. The number of aliphatic hydroxyl groups is 18. The van der Waals surface area contributed by atoms with E-state index in [0.29, 0.717) is 12.8 Å². The largest absolute Gasteiger partial charge is 0.477 e. The van der Waals surface area contributed by atoms with Crippen LogP contribution in [0.4, 0.5) is 0 Å². The monoisotopic (exact) mass is 1800 g/mol. The Bertz CT molecular complexity index is 2960. The number of hydrogen-bond donors (Lipinski definition) is 22. The Hall–Kier alpha value is -3.58. The highest BCUT2D eigenvalue weighted by Crippen LogP contribution is 2.41. The number of ether oxygens (including phenoxy) is 12. The Balaban J connectivity index is 1.19. The second kappa shape index (κ2) is 59.1. The summed E-state index contributed by atoms with van der Waals surface area (Å²) in [6, 6.07) is -4.94. The minimum atomic E-state index is -3.22. The Labute approximate surface area is 735 Å². The first kappa shape index (κ1) is 110. The second-order valence-corrected chi connectivity index (χ2v) is 34.9. The topological polar surface area (TPSA) is 600 Å². The van der Waals surface area contributed by atoms with Gasteiger partial charge in [0.25, 0.3) is 5.79 Å². The maximum Gasteiger partial charge on any atom is 0.364 e. The van der Waals surface area contributed by atoms with Gasteiger partial charge in [0.05, 0.1) is 70.0 Å². The smallest absolute Gasteiger partial charge is 0.364 e. The number of carboxylic acids is 1. The zero-order valence-corrected chi connectivity index (χ0v) is 74.1. The summed E-state index contributed by atoms with van der Waals surface area (Å²) in [4.78, 5) is 53.5. The average molecular weight is 1810 g/mol. The number of rotatable bonds is 62. The van der Waals surface area contributed by atoms with Crippen LogP contribution < -0.4 is 16.0 Å². The van der Waals surface area contributed by atoms with Crippen LogP contribution in [-0.4, -0.2) is 362 Å². The van der Waals surface area contributed by atoms with Crippen LogP contribution in [0, 0.1) is 0 Å². The van der Waals surface area contributed by atoms with Crippen molar-refractivity contribution in [2.75, 3.05) is 39.6 Å². The lowest BCUT2D eigenvalue weighted by Gasteiger charge is -2.52. The summed E-state index contributed by atoms with van der Waals surface area (Å²) >= 11 is 0. The molecule has 0 bridgehead atoms. The lowest BCUT2D eigenvalue weighted by molar-refractivity contribution is -0.396. The third-order valence-corrected chi connectivity index (χ3v) is 24.7. The van der Waals surface area contributed by atoms with Gasteiger partial charge in [-0.3, -0.25) is 14.4 Å². The standard InChI is InChI=1S/C87H157N3O35/c1-6-8-10-12-14-16-18-20-21-22-23-24-25-26-27-28-29-31-33-35-37-39-41-43-62(100)90-54(55(97)42-40-38-36-34-32-30-19-17-15-13-11-9-7-2)49-114-82-74(110)71(107)76(60(48-94)119-82)121-85-75(111)80(68(104)59(47-93)118-85)124-81-64(89-53(5)96)79(123-84-73(109)70(106)67(103)58(46-92)117-84)77(122-83-72(108)69(105)65(101)51(3)116-83)61(120-81)50-115-87(86(112)113)44-56(98)63(88-52(4)95)78(125-87)66(102)57(99)45-91/h40,42,51,54-61,63-85,91-94,97-99,101-111H,6-39,41,43-50H2,1-5H3,(H,88,95)(H,89,96)(H,90,100)(H,112,113)/b42-40+/t51?,54-,55+,56?,57+,58?,59?,60?,61?,63+,64?,65+,66+,67-,68-,69?,70-,71+,72-,73?,74?,75?,76+,77+,78?,79+,80-,81-,82+,83+,84-,85-,87+/m0/s1. The van der Waals surface area contributed by atoms with Crippen molar-refractivity contribution in [3.63, 3.8) is 0 Å². The van der Waals surface area contributed by atoms with Crippen molar-refractivity contribution < 1.29 is 173 Å². The number of aliphatic hydroxyl groups excluding tert-OH is 18. The molecule has 12 unspecified atom stereocenters. The molecule has 3 amide bonds. The number of unbranched alkanes of at least 4 members (excludes halogenated alkanes) is 33. The molecule has 38 heteroatoms. The Morgan fingerprint density at radius 2 is 0.856 bits per heavy atom. The molecule has 730 valence electrons. The molecular weight excluding hydrogens is 1650 g/mol. The van der Waals surface area contributed by atoms with Crippen molar-refractivity contribution in [3.8, 4) is 0 Å². The lowest BCUT2D eigenvalue weighted by Crippen LogP contribution is -2.72. The Morgan fingerprint density at radius 1 is 0.440 bits per heavy atom. The highest BCUT2D eigenvalue weighted by atomic mass is 16.8. The van der Waals surface area contributed by atoms with Crippen LogP contribution in [0.2, 0.25) is 0 Å². The van der Waals surface area contributed by atoms with Crippen LogP contribution >= 0.6 is 0 Å². The number of nitrogens with one attached hydrogen (secondary N) is 3. The summed E-state index contributed by atoms with van der Waals surface area (Å²) < 4.78 is 73.0. The van der Waals surface area contributed by atoms with E-state index in [1.54, 1.807) is 6.08 Å². The molecule has 0 aromatic carbocycles. The van der Waals surface area contributed by atoms with Gasteiger partial charge >= 0.3 is 5.97 Å². The normalized spacial score (nSPS) is 35.1. The van der Waals surface area contributed by atoms with Crippen LogP contribution in [0.1, 0.15) is 272 Å². The molecule has 33 atom stereocenters. The number of carbonyl (C=O) groups is 4. The highest BCUT2D eigenvalue weighted by Gasteiger charge is 2.61. The van der Waals surface area contributed by atoms with Crippen LogP contribution in [0.25, 0.3) is 0 Å². The number of aliphatic carboxylic acids is 1. The zero-order chi connectivity index (χ0) is 91.7. The molecule has 6 fully saturated rings. The van der Waals surface area contributed by atoms with Gasteiger partial charge in [0.2, 0.25) is 17.7 Å². The molecule has 6 aliphatic heterocycles. The van der Waals surface area contributed by atoms with Gasteiger partial charge in [-0.25, -0.2) is 4.79 Å². The van der Waals surface area contributed by atoms with Gasteiger partial charge in [-0.1, -0.05) is 231 Å². The van der Waals surface area contributed by atoms with Crippen LogP contribution in [0.3, 0.4) is 0 Å².